The second-order valence-corrected chi connectivity index (χ2v) is 5.14. The average molecular weight is 316 g/mol. The molecule has 0 radical (unpaired) electrons. The summed E-state index contributed by atoms with van der Waals surface area (Å²) in [6.07, 6.45) is -1.26. The number of hydrogen-bond donors (Lipinski definition) is 0. The molecule has 0 bridgehead atoms. The molecule has 1 aromatic rings. The molecule has 0 N–H and O–H groups in total. The summed E-state index contributed by atoms with van der Waals surface area (Å²) in [7, 11) is 0. The fraction of sp³-hybridized carbons (Fsp3) is 0.538. The Morgan fingerprint density at radius 3 is 2.10 bits per heavy atom. The van der Waals surface area contributed by atoms with Crippen molar-refractivity contribution in [2.45, 2.75) is 18.5 Å². The van der Waals surface area contributed by atoms with Gasteiger partial charge in [0.25, 0.3) is 5.69 Å². The largest absolute Gasteiger partial charge is 0.349 e. The first-order valence-electron chi connectivity index (χ1n) is 6.57. The molecule has 0 saturated carbocycles. The third-order valence-electron chi connectivity index (χ3n) is 3.43. The minimum Gasteiger partial charge on any atom is -0.349 e. The molecule has 0 spiro atoms. The van der Waals surface area contributed by atoms with E-state index in [1.165, 1.54) is 6.07 Å². The lowest BCUT2D eigenvalue weighted by atomic mass is 9.96. The smallest absolute Gasteiger partial charge is 0.274 e. The van der Waals surface area contributed by atoms with Crippen molar-refractivity contribution in [3.8, 4) is 0 Å². The molecular formula is C13H14ClNO6. The van der Waals surface area contributed by atoms with Crippen LogP contribution in [0.3, 0.4) is 0 Å². The summed E-state index contributed by atoms with van der Waals surface area (Å²) >= 11 is 5.86. The van der Waals surface area contributed by atoms with Gasteiger partial charge in [-0.2, -0.15) is 0 Å². The number of halogens is 1. The van der Waals surface area contributed by atoms with Gasteiger partial charge in [-0.05, 0) is 6.07 Å². The van der Waals surface area contributed by atoms with E-state index in [1.54, 1.807) is 12.1 Å². The van der Waals surface area contributed by atoms with Gasteiger partial charge >= 0.3 is 0 Å². The number of nitro groups is 1. The van der Waals surface area contributed by atoms with Crippen molar-refractivity contribution in [3.05, 3.63) is 38.9 Å². The first kappa shape index (κ1) is 14.7. The van der Waals surface area contributed by atoms with E-state index in [2.05, 4.69) is 0 Å². The molecular weight excluding hydrogens is 302 g/mol. The Hall–Kier alpha value is -1.25. The van der Waals surface area contributed by atoms with Crippen LogP contribution in [0.15, 0.2) is 18.2 Å². The monoisotopic (exact) mass is 315 g/mol. The highest BCUT2D eigenvalue weighted by molar-refractivity contribution is 6.30. The molecule has 21 heavy (non-hydrogen) atoms. The second kappa shape index (κ2) is 6.25. The molecule has 0 aliphatic carbocycles. The van der Waals surface area contributed by atoms with Crippen molar-refractivity contribution in [3.63, 3.8) is 0 Å². The highest BCUT2D eigenvalue weighted by atomic mass is 35.5. The molecule has 2 saturated heterocycles. The van der Waals surface area contributed by atoms with E-state index in [-0.39, 0.29) is 5.69 Å². The molecule has 0 amide bonds. The molecule has 2 aliphatic rings. The summed E-state index contributed by atoms with van der Waals surface area (Å²) in [4.78, 5) is 10.8. The van der Waals surface area contributed by atoms with Crippen LogP contribution in [-0.2, 0) is 18.9 Å². The fourth-order valence-corrected chi connectivity index (χ4v) is 2.71. The van der Waals surface area contributed by atoms with Crippen molar-refractivity contribution < 1.29 is 23.9 Å². The SMILES string of the molecule is O=[N+]([O-])c1cc(Cl)ccc1C(C1OCCO1)C1OCCO1. The number of hydrogen-bond acceptors (Lipinski definition) is 6. The van der Waals surface area contributed by atoms with E-state index in [0.717, 1.165) is 0 Å². The molecule has 2 fully saturated rings. The lowest BCUT2D eigenvalue weighted by Gasteiger charge is -2.26. The van der Waals surface area contributed by atoms with E-state index < -0.39 is 23.4 Å². The average Bonchev–Trinajstić information content (AvgIpc) is 3.14. The van der Waals surface area contributed by atoms with Gasteiger partial charge in [0.05, 0.1) is 37.3 Å². The normalized spacial score (nSPS) is 20.5. The summed E-state index contributed by atoms with van der Waals surface area (Å²) in [5.41, 5.74) is 0.342. The predicted octanol–water partition coefficient (Wildman–Crippen LogP) is 2.08. The first-order valence-corrected chi connectivity index (χ1v) is 6.95. The molecule has 1 aromatic carbocycles. The molecule has 8 heteroatoms. The molecule has 2 heterocycles. The first-order chi connectivity index (χ1) is 10.2. The molecule has 0 aromatic heterocycles. The van der Waals surface area contributed by atoms with E-state index >= 15 is 0 Å². The lowest BCUT2D eigenvalue weighted by molar-refractivity contribution is -0.386. The third-order valence-corrected chi connectivity index (χ3v) is 3.66. The molecule has 114 valence electrons. The van der Waals surface area contributed by atoms with Crippen LogP contribution >= 0.6 is 11.6 Å². The Kier molecular flexibility index (Phi) is 4.37. The zero-order chi connectivity index (χ0) is 14.8. The minimum atomic E-state index is -0.632. The van der Waals surface area contributed by atoms with Crippen molar-refractivity contribution >= 4 is 17.3 Å². The van der Waals surface area contributed by atoms with E-state index in [1.807, 2.05) is 0 Å². The summed E-state index contributed by atoms with van der Waals surface area (Å²) in [5, 5.41) is 11.6. The molecule has 2 aliphatic heterocycles. The maximum Gasteiger partial charge on any atom is 0.274 e. The summed E-state index contributed by atoms with van der Waals surface area (Å²) in [5.74, 6) is -0.535. The Morgan fingerprint density at radius 2 is 1.62 bits per heavy atom. The molecule has 0 unspecified atom stereocenters. The maximum absolute atomic E-state index is 11.3. The number of nitro benzene ring substituents is 1. The summed E-state index contributed by atoms with van der Waals surface area (Å²) < 4.78 is 22.0. The standard InChI is InChI=1S/C13H14ClNO6/c14-8-1-2-9(10(7-8)15(16)17)11(12-18-3-4-19-12)13-20-5-6-21-13/h1-2,7,11-13H,3-6H2. The zero-order valence-electron chi connectivity index (χ0n) is 11.1. The Bertz CT molecular complexity index is 511. The Labute approximate surface area is 125 Å². The molecule has 3 rings (SSSR count). The van der Waals surface area contributed by atoms with Crippen LogP contribution in [0, 0.1) is 10.1 Å². The van der Waals surface area contributed by atoms with Crippen LogP contribution in [0.5, 0.6) is 0 Å². The van der Waals surface area contributed by atoms with Gasteiger partial charge in [-0.15, -0.1) is 0 Å². The van der Waals surface area contributed by atoms with Crippen molar-refractivity contribution in [1.29, 1.82) is 0 Å². The van der Waals surface area contributed by atoms with Crippen molar-refractivity contribution in [2.75, 3.05) is 26.4 Å². The van der Waals surface area contributed by atoms with E-state index in [0.29, 0.717) is 37.0 Å². The predicted molar refractivity (Wildman–Crippen MR) is 72.2 cm³/mol. The quantitative estimate of drug-likeness (QED) is 0.625. The van der Waals surface area contributed by atoms with Gasteiger partial charge < -0.3 is 18.9 Å². The van der Waals surface area contributed by atoms with Gasteiger partial charge in [-0.1, -0.05) is 17.7 Å². The Morgan fingerprint density at radius 1 is 1.10 bits per heavy atom. The third kappa shape index (κ3) is 3.02. The van der Waals surface area contributed by atoms with Gasteiger partial charge in [0.2, 0.25) is 0 Å². The zero-order valence-corrected chi connectivity index (χ0v) is 11.8. The van der Waals surface area contributed by atoms with Crippen LogP contribution in [0.25, 0.3) is 0 Å². The number of benzene rings is 1. The summed E-state index contributed by atoms with van der Waals surface area (Å²) in [6, 6.07) is 4.51. The summed E-state index contributed by atoms with van der Waals surface area (Å²) in [6.45, 7) is 1.76. The Balaban J connectivity index is 2.00. The van der Waals surface area contributed by atoms with Crippen LogP contribution in [0.4, 0.5) is 5.69 Å². The topological polar surface area (TPSA) is 80.1 Å². The lowest BCUT2D eigenvalue weighted by Crippen LogP contribution is -2.32. The number of ether oxygens (including phenoxy) is 4. The maximum atomic E-state index is 11.3. The van der Waals surface area contributed by atoms with Crippen LogP contribution in [0.2, 0.25) is 5.02 Å². The van der Waals surface area contributed by atoms with Crippen LogP contribution in [0.1, 0.15) is 11.5 Å². The van der Waals surface area contributed by atoms with Crippen LogP contribution in [-0.4, -0.2) is 43.9 Å². The minimum absolute atomic E-state index is 0.0919. The van der Waals surface area contributed by atoms with Gasteiger partial charge in [-0.25, -0.2) is 0 Å². The van der Waals surface area contributed by atoms with Gasteiger partial charge in [0, 0.05) is 16.7 Å². The second-order valence-electron chi connectivity index (χ2n) is 4.71. The van der Waals surface area contributed by atoms with Crippen molar-refractivity contribution in [1.82, 2.24) is 0 Å². The number of nitrogens with zero attached hydrogens (tertiary/aromatic N) is 1. The number of rotatable bonds is 4. The molecule has 0 atom stereocenters. The van der Waals surface area contributed by atoms with Gasteiger partial charge in [0.15, 0.2) is 12.6 Å². The van der Waals surface area contributed by atoms with Crippen molar-refractivity contribution in [2.24, 2.45) is 0 Å². The van der Waals surface area contributed by atoms with E-state index in [9.17, 15) is 10.1 Å². The van der Waals surface area contributed by atoms with E-state index in [4.69, 9.17) is 30.5 Å². The van der Waals surface area contributed by atoms with Gasteiger partial charge in [0.1, 0.15) is 0 Å². The highest BCUT2D eigenvalue weighted by Gasteiger charge is 2.41. The van der Waals surface area contributed by atoms with Crippen LogP contribution < -0.4 is 0 Å². The van der Waals surface area contributed by atoms with Gasteiger partial charge in [-0.3, -0.25) is 10.1 Å². The highest BCUT2D eigenvalue weighted by Crippen LogP contribution is 2.38. The fourth-order valence-electron chi connectivity index (χ4n) is 2.55. The molecule has 7 nitrogen and oxygen atoms in total.